The molecule has 9 nitrogen and oxygen atoms in total. The number of fused-ring (bicyclic) bond motifs is 1. The second-order valence-electron chi connectivity index (χ2n) is 7.14. The molecule has 1 amide bonds. The van der Waals surface area contributed by atoms with Crippen molar-refractivity contribution >= 4 is 17.6 Å². The van der Waals surface area contributed by atoms with Crippen LogP contribution in [0.5, 0.6) is 11.5 Å². The van der Waals surface area contributed by atoms with Gasteiger partial charge in [-0.15, -0.1) is 0 Å². The number of benzene rings is 1. The van der Waals surface area contributed by atoms with Crippen LogP contribution >= 0.6 is 0 Å². The van der Waals surface area contributed by atoms with Crippen molar-refractivity contribution in [2.24, 2.45) is 11.8 Å². The van der Waals surface area contributed by atoms with Gasteiger partial charge in [0.05, 0.1) is 11.0 Å². The van der Waals surface area contributed by atoms with Crippen LogP contribution in [0.4, 0.5) is 5.69 Å². The highest BCUT2D eigenvalue weighted by molar-refractivity contribution is 5.96. The lowest BCUT2D eigenvalue weighted by Gasteiger charge is -2.26. The molecule has 1 aromatic carbocycles. The van der Waals surface area contributed by atoms with Gasteiger partial charge in [0.1, 0.15) is 5.56 Å². The summed E-state index contributed by atoms with van der Waals surface area (Å²) in [5.41, 5.74) is -0.741. The average molecular weight is 380 g/mol. The van der Waals surface area contributed by atoms with E-state index in [1.165, 1.54) is 6.07 Å². The first-order chi connectivity index (χ1) is 12.7. The Morgan fingerprint density at radius 2 is 1.70 bits per heavy atom. The topological polar surface area (TPSA) is 108 Å². The second-order valence-corrected chi connectivity index (χ2v) is 7.14. The van der Waals surface area contributed by atoms with Crippen molar-refractivity contribution in [2.75, 3.05) is 26.5 Å². The van der Waals surface area contributed by atoms with Crippen molar-refractivity contribution in [1.29, 1.82) is 0 Å². The van der Waals surface area contributed by atoms with Gasteiger partial charge in [0.2, 0.25) is 6.79 Å². The molecule has 0 saturated carbocycles. The van der Waals surface area contributed by atoms with E-state index in [1.807, 2.05) is 27.7 Å². The Hall–Kier alpha value is -2.84. The number of amides is 1. The summed E-state index contributed by atoms with van der Waals surface area (Å²) in [4.78, 5) is 36.9. The summed E-state index contributed by atoms with van der Waals surface area (Å²) in [5.74, 6) is -0.359. The van der Waals surface area contributed by atoms with Crippen LogP contribution in [-0.2, 0) is 9.53 Å². The van der Waals surface area contributed by atoms with Crippen molar-refractivity contribution in [3.8, 4) is 11.5 Å². The summed E-state index contributed by atoms with van der Waals surface area (Å²) in [7, 11) is 0. The number of carbonyl (C=O) groups is 2. The Morgan fingerprint density at radius 3 is 2.22 bits per heavy atom. The number of nitrogens with zero attached hydrogens (tertiary/aromatic N) is 2. The van der Waals surface area contributed by atoms with Crippen LogP contribution in [0.15, 0.2) is 12.1 Å². The second kappa shape index (κ2) is 8.70. The van der Waals surface area contributed by atoms with Crippen LogP contribution in [0.25, 0.3) is 0 Å². The number of hydrogen-bond donors (Lipinski definition) is 0. The Balaban J connectivity index is 2.10. The molecule has 27 heavy (non-hydrogen) atoms. The largest absolute Gasteiger partial charge is 0.454 e. The first-order valence-electron chi connectivity index (χ1n) is 8.72. The zero-order valence-corrected chi connectivity index (χ0v) is 15.9. The molecule has 0 unspecified atom stereocenters. The first kappa shape index (κ1) is 20.5. The predicted molar refractivity (Wildman–Crippen MR) is 95.8 cm³/mol. The smallest absolute Gasteiger partial charge is 0.345 e. The van der Waals surface area contributed by atoms with Crippen molar-refractivity contribution in [1.82, 2.24) is 4.90 Å². The summed E-state index contributed by atoms with van der Waals surface area (Å²) in [6, 6.07) is 2.32. The molecular formula is C18H24N2O7. The molecular weight excluding hydrogens is 356 g/mol. The maximum absolute atomic E-state index is 12.4. The highest BCUT2D eigenvalue weighted by Gasteiger charge is 2.29. The molecule has 1 aliphatic heterocycles. The molecule has 9 heteroatoms. The molecule has 1 aromatic rings. The Morgan fingerprint density at radius 1 is 1.15 bits per heavy atom. The SMILES string of the molecule is CC(C)CN(CC(C)C)C(=O)COC(=O)c1cc2c(cc1[N+](=O)[O-])OCO2. The Bertz CT molecular complexity index is 721. The molecule has 1 heterocycles. The van der Waals surface area contributed by atoms with Crippen molar-refractivity contribution in [3.05, 3.63) is 27.8 Å². The average Bonchev–Trinajstić information content (AvgIpc) is 3.04. The zero-order chi connectivity index (χ0) is 20.1. The van der Waals surface area contributed by atoms with Crippen LogP contribution < -0.4 is 9.47 Å². The van der Waals surface area contributed by atoms with Gasteiger partial charge in [0, 0.05) is 19.2 Å². The molecule has 1 aliphatic rings. The number of nitro groups is 1. The zero-order valence-electron chi connectivity index (χ0n) is 15.9. The van der Waals surface area contributed by atoms with E-state index in [1.54, 1.807) is 4.90 Å². The number of hydrogen-bond acceptors (Lipinski definition) is 7. The molecule has 0 spiro atoms. The van der Waals surface area contributed by atoms with E-state index < -0.39 is 23.2 Å². The van der Waals surface area contributed by atoms with E-state index in [-0.39, 0.29) is 41.6 Å². The van der Waals surface area contributed by atoms with Crippen molar-refractivity contribution < 1.29 is 28.7 Å². The summed E-state index contributed by atoms with van der Waals surface area (Å²) in [6.07, 6.45) is 0. The maximum atomic E-state index is 12.4. The summed E-state index contributed by atoms with van der Waals surface area (Å²) in [6.45, 7) is 8.47. The summed E-state index contributed by atoms with van der Waals surface area (Å²) in [5, 5.41) is 11.2. The maximum Gasteiger partial charge on any atom is 0.345 e. The van der Waals surface area contributed by atoms with Crippen LogP contribution in [0.1, 0.15) is 38.1 Å². The molecule has 0 aliphatic carbocycles. The highest BCUT2D eigenvalue weighted by atomic mass is 16.7. The quantitative estimate of drug-likeness (QED) is 0.387. The monoisotopic (exact) mass is 380 g/mol. The number of ether oxygens (including phenoxy) is 3. The van der Waals surface area contributed by atoms with Crippen molar-refractivity contribution in [2.45, 2.75) is 27.7 Å². The lowest BCUT2D eigenvalue weighted by Crippen LogP contribution is -2.39. The van der Waals surface area contributed by atoms with Gasteiger partial charge in [0.15, 0.2) is 18.1 Å². The molecule has 0 atom stereocenters. The summed E-state index contributed by atoms with van der Waals surface area (Å²) < 4.78 is 15.3. The van der Waals surface area contributed by atoms with Gasteiger partial charge in [-0.05, 0) is 11.8 Å². The standard InChI is InChI=1S/C18H24N2O7/c1-11(2)7-19(8-12(3)4)17(21)9-25-18(22)13-5-15-16(27-10-26-15)6-14(13)20(23)24/h5-6,11-12H,7-10H2,1-4H3. The minimum atomic E-state index is -0.956. The molecule has 0 bridgehead atoms. The van der Waals surface area contributed by atoms with Gasteiger partial charge in [-0.3, -0.25) is 14.9 Å². The van der Waals surface area contributed by atoms with E-state index in [0.29, 0.717) is 13.1 Å². The van der Waals surface area contributed by atoms with E-state index in [4.69, 9.17) is 14.2 Å². The Labute approximate surface area is 157 Å². The molecule has 0 saturated heterocycles. The van der Waals surface area contributed by atoms with Crippen LogP contribution in [0.3, 0.4) is 0 Å². The number of rotatable bonds is 8. The molecule has 148 valence electrons. The fourth-order valence-corrected chi connectivity index (χ4v) is 2.70. The van der Waals surface area contributed by atoms with E-state index in [2.05, 4.69) is 0 Å². The number of nitro benzene ring substituents is 1. The van der Waals surface area contributed by atoms with Crippen LogP contribution in [-0.4, -0.2) is 48.2 Å². The molecule has 2 rings (SSSR count). The minimum Gasteiger partial charge on any atom is -0.454 e. The third kappa shape index (κ3) is 5.32. The van der Waals surface area contributed by atoms with Crippen LogP contribution in [0, 0.1) is 22.0 Å². The number of carbonyl (C=O) groups excluding carboxylic acids is 2. The Kier molecular flexibility index (Phi) is 6.59. The molecule has 0 aromatic heterocycles. The third-order valence-electron chi connectivity index (χ3n) is 3.76. The fourth-order valence-electron chi connectivity index (χ4n) is 2.70. The number of esters is 1. The minimum absolute atomic E-state index is 0.0805. The molecule has 0 fully saturated rings. The molecule has 0 radical (unpaired) electrons. The molecule has 0 N–H and O–H groups in total. The van der Waals surface area contributed by atoms with Crippen molar-refractivity contribution in [3.63, 3.8) is 0 Å². The lowest BCUT2D eigenvalue weighted by molar-refractivity contribution is -0.385. The van der Waals surface area contributed by atoms with Gasteiger partial charge in [0.25, 0.3) is 11.6 Å². The third-order valence-corrected chi connectivity index (χ3v) is 3.76. The first-order valence-corrected chi connectivity index (χ1v) is 8.72. The van der Waals surface area contributed by atoms with Crippen LogP contribution in [0.2, 0.25) is 0 Å². The fraction of sp³-hybridized carbons (Fsp3) is 0.556. The highest BCUT2D eigenvalue weighted by Crippen LogP contribution is 2.38. The van der Waals surface area contributed by atoms with Gasteiger partial charge in [-0.25, -0.2) is 4.79 Å². The van der Waals surface area contributed by atoms with Gasteiger partial charge in [-0.1, -0.05) is 27.7 Å². The summed E-state index contributed by atoms with van der Waals surface area (Å²) >= 11 is 0. The van der Waals surface area contributed by atoms with E-state index in [0.717, 1.165) is 6.07 Å². The normalized spacial score (nSPS) is 12.4. The lowest BCUT2D eigenvalue weighted by atomic mass is 10.1. The van der Waals surface area contributed by atoms with Gasteiger partial charge >= 0.3 is 5.97 Å². The predicted octanol–water partition coefficient (Wildman–Crippen LogP) is 2.62. The van der Waals surface area contributed by atoms with Gasteiger partial charge < -0.3 is 19.1 Å². The van der Waals surface area contributed by atoms with E-state index >= 15 is 0 Å². The van der Waals surface area contributed by atoms with Gasteiger partial charge in [-0.2, -0.15) is 0 Å². The van der Waals surface area contributed by atoms with E-state index in [9.17, 15) is 19.7 Å².